The van der Waals surface area contributed by atoms with Crippen LogP contribution in [0.5, 0.6) is 0 Å². The number of H-pyrrole nitrogens is 1. The third-order valence-electron chi connectivity index (χ3n) is 3.33. The van der Waals surface area contributed by atoms with E-state index in [4.69, 9.17) is 0 Å². The molecule has 1 heterocycles. The van der Waals surface area contributed by atoms with Crippen molar-refractivity contribution < 1.29 is 4.79 Å². The average Bonchev–Trinajstić information content (AvgIpc) is 3.21. The van der Waals surface area contributed by atoms with Crippen LogP contribution >= 0.6 is 0 Å². The lowest BCUT2D eigenvalue weighted by Crippen LogP contribution is -2.10. The summed E-state index contributed by atoms with van der Waals surface area (Å²) in [6.45, 7) is 14.0. The Morgan fingerprint density at radius 1 is 1.00 bits per heavy atom. The van der Waals surface area contributed by atoms with Gasteiger partial charge in [-0.3, -0.25) is 4.79 Å². The molecule has 1 aliphatic carbocycles. The zero-order chi connectivity index (χ0) is 17.1. The monoisotopic (exact) mass is 302 g/mol. The fourth-order valence-electron chi connectivity index (χ4n) is 2.53. The van der Waals surface area contributed by atoms with Crippen LogP contribution in [0.2, 0.25) is 0 Å². The minimum absolute atomic E-state index is 0.00199. The first kappa shape index (κ1) is 20.1. The molecule has 1 aliphatic rings. The number of nitrogens with zero attached hydrogens (tertiary/aromatic N) is 1. The number of fused-ring (bicyclic) bond motifs is 1. The van der Waals surface area contributed by atoms with Crippen molar-refractivity contribution in [3.63, 3.8) is 0 Å². The highest BCUT2D eigenvalue weighted by molar-refractivity contribution is 6.03. The van der Waals surface area contributed by atoms with Gasteiger partial charge in [0.15, 0.2) is 5.78 Å². The summed E-state index contributed by atoms with van der Waals surface area (Å²) in [5.41, 5.74) is 2.99. The number of Topliss-reactive ketones (excluding diaryl/α,β-unsaturated/α-hetero) is 1. The van der Waals surface area contributed by atoms with Gasteiger partial charge < -0.3 is 4.98 Å². The maximum absolute atomic E-state index is 12.1. The Morgan fingerprint density at radius 2 is 1.59 bits per heavy atom. The predicted octanol–water partition coefficient (Wildman–Crippen LogP) is 5.45. The molecule has 2 aromatic rings. The summed E-state index contributed by atoms with van der Waals surface area (Å²) in [5.74, 6) is 0.360. The largest absolute Gasteiger partial charge is 0.348 e. The Bertz CT molecular complexity index is 532. The first-order valence-corrected chi connectivity index (χ1v) is 8.40. The van der Waals surface area contributed by atoms with Gasteiger partial charge in [0.2, 0.25) is 0 Å². The lowest BCUT2D eigenvalue weighted by Gasteiger charge is -2.13. The van der Waals surface area contributed by atoms with Crippen LogP contribution < -0.4 is 0 Å². The highest BCUT2D eigenvalue weighted by atomic mass is 16.1. The van der Waals surface area contributed by atoms with Gasteiger partial charge in [-0.15, -0.1) is 0 Å². The number of nitrogens with one attached hydrogen (secondary N) is 1. The first-order chi connectivity index (χ1) is 10.8. The molecule has 0 aliphatic heterocycles. The van der Waals surface area contributed by atoms with E-state index in [1.165, 1.54) is 0 Å². The molecule has 0 fully saturated rings. The van der Waals surface area contributed by atoms with Crippen molar-refractivity contribution in [1.82, 2.24) is 9.97 Å². The van der Waals surface area contributed by atoms with Crippen LogP contribution in [-0.4, -0.2) is 15.8 Å². The molecular weight excluding hydrogens is 272 g/mol. The van der Waals surface area contributed by atoms with Crippen LogP contribution in [0.25, 0.3) is 0 Å². The fourth-order valence-corrected chi connectivity index (χ4v) is 2.53. The quantitative estimate of drug-likeness (QED) is 0.761. The van der Waals surface area contributed by atoms with Crippen LogP contribution in [0.4, 0.5) is 0 Å². The standard InChI is InChI=1S/C13H12N2O.3C2H6/c1-8-12(11-6-14-7-15-11)9-4-2-3-5-10(9)13(8)16;3*1-2/h2-8,12H,1H3,(H,14,15);3*1-2H3. The third kappa shape index (κ3) is 4.06. The molecule has 0 amide bonds. The molecule has 0 saturated carbocycles. The van der Waals surface area contributed by atoms with Crippen LogP contribution in [0.1, 0.15) is 76.0 Å². The van der Waals surface area contributed by atoms with E-state index in [0.717, 1.165) is 16.8 Å². The molecule has 1 aromatic heterocycles. The minimum atomic E-state index is -0.00199. The highest BCUT2D eigenvalue weighted by Crippen LogP contribution is 2.40. The highest BCUT2D eigenvalue weighted by Gasteiger charge is 2.37. The molecule has 0 bridgehead atoms. The maximum atomic E-state index is 12.1. The van der Waals surface area contributed by atoms with E-state index >= 15 is 0 Å². The molecule has 3 rings (SSSR count). The van der Waals surface area contributed by atoms with Crippen molar-refractivity contribution in [2.45, 2.75) is 54.4 Å². The van der Waals surface area contributed by atoms with Crippen molar-refractivity contribution in [3.05, 3.63) is 53.6 Å². The molecule has 122 valence electrons. The molecule has 1 N–H and O–H groups in total. The Hall–Kier alpha value is -1.90. The second-order valence-corrected chi connectivity index (χ2v) is 4.22. The van der Waals surface area contributed by atoms with Crippen molar-refractivity contribution in [2.75, 3.05) is 0 Å². The predicted molar refractivity (Wildman–Crippen MR) is 94.4 cm³/mol. The van der Waals surface area contributed by atoms with Crippen LogP contribution in [0.15, 0.2) is 36.8 Å². The van der Waals surface area contributed by atoms with E-state index in [2.05, 4.69) is 9.97 Å². The van der Waals surface area contributed by atoms with Gasteiger partial charge in [0.1, 0.15) is 0 Å². The number of rotatable bonds is 1. The van der Waals surface area contributed by atoms with Gasteiger partial charge in [-0.2, -0.15) is 0 Å². The molecule has 1 aromatic carbocycles. The molecule has 3 heteroatoms. The topological polar surface area (TPSA) is 45.8 Å². The smallest absolute Gasteiger partial charge is 0.166 e. The van der Waals surface area contributed by atoms with Gasteiger partial charge in [0, 0.05) is 29.3 Å². The summed E-state index contributed by atoms with van der Waals surface area (Å²) < 4.78 is 0. The van der Waals surface area contributed by atoms with Crippen molar-refractivity contribution in [3.8, 4) is 0 Å². The number of carbonyl (C=O) groups is 1. The van der Waals surface area contributed by atoms with Crippen LogP contribution in [0, 0.1) is 5.92 Å². The lowest BCUT2D eigenvalue weighted by molar-refractivity contribution is 0.0939. The zero-order valence-electron chi connectivity index (χ0n) is 15.0. The second kappa shape index (κ2) is 10.8. The normalized spacial score (nSPS) is 17.9. The number of ketones is 1. The van der Waals surface area contributed by atoms with Gasteiger partial charge in [-0.1, -0.05) is 72.7 Å². The number of hydrogen-bond donors (Lipinski definition) is 1. The molecule has 0 spiro atoms. The maximum Gasteiger partial charge on any atom is 0.166 e. The Labute approximate surface area is 135 Å². The van der Waals surface area contributed by atoms with Gasteiger partial charge in [0.05, 0.1) is 6.33 Å². The molecule has 22 heavy (non-hydrogen) atoms. The van der Waals surface area contributed by atoms with E-state index < -0.39 is 0 Å². The van der Waals surface area contributed by atoms with Crippen LogP contribution in [-0.2, 0) is 0 Å². The fraction of sp³-hybridized carbons (Fsp3) is 0.474. The van der Waals surface area contributed by atoms with Crippen molar-refractivity contribution in [2.24, 2.45) is 5.92 Å². The summed E-state index contributed by atoms with van der Waals surface area (Å²) in [6, 6.07) is 7.83. The van der Waals surface area contributed by atoms with Gasteiger partial charge in [-0.05, 0) is 5.56 Å². The molecule has 3 nitrogen and oxygen atoms in total. The summed E-state index contributed by atoms with van der Waals surface area (Å²) in [6.07, 6.45) is 3.46. The molecule has 2 unspecified atom stereocenters. The summed E-state index contributed by atoms with van der Waals surface area (Å²) in [5, 5.41) is 0. The van der Waals surface area contributed by atoms with E-state index in [-0.39, 0.29) is 17.6 Å². The van der Waals surface area contributed by atoms with E-state index in [1.54, 1.807) is 12.5 Å². The summed E-state index contributed by atoms with van der Waals surface area (Å²) >= 11 is 0. The third-order valence-corrected chi connectivity index (χ3v) is 3.33. The number of imidazole rings is 1. The van der Waals surface area contributed by atoms with E-state index in [9.17, 15) is 4.79 Å². The lowest BCUT2D eigenvalue weighted by atomic mass is 9.91. The molecular formula is C19H30N2O. The SMILES string of the molecule is CC.CC.CC.CC1C(=O)c2ccccc2C1c1cnc[nH]1. The number of benzene rings is 1. The minimum Gasteiger partial charge on any atom is -0.348 e. The number of hydrogen-bond acceptors (Lipinski definition) is 2. The Morgan fingerprint density at radius 3 is 2.14 bits per heavy atom. The number of carbonyl (C=O) groups excluding carboxylic acids is 1. The number of aromatic amines is 1. The molecule has 0 saturated heterocycles. The Balaban J connectivity index is 0.000000661. The second-order valence-electron chi connectivity index (χ2n) is 4.22. The molecule has 0 radical (unpaired) electrons. The first-order valence-electron chi connectivity index (χ1n) is 8.40. The van der Waals surface area contributed by atoms with Gasteiger partial charge in [-0.25, -0.2) is 4.98 Å². The Kier molecular flexibility index (Phi) is 9.84. The van der Waals surface area contributed by atoms with E-state index in [0.29, 0.717) is 0 Å². The van der Waals surface area contributed by atoms with Gasteiger partial charge in [0.25, 0.3) is 0 Å². The van der Waals surface area contributed by atoms with Crippen LogP contribution in [0.3, 0.4) is 0 Å². The number of aromatic nitrogens is 2. The van der Waals surface area contributed by atoms with E-state index in [1.807, 2.05) is 72.7 Å². The van der Waals surface area contributed by atoms with Gasteiger partial charge >= 0.3 is 0 Å². The average molecular weight is 302 g/mol. The molecule has 2 atom stereocenters. The van der Waals surface area contributed by atoms with Crippen molar-refractivity contribution in [1.29, 1.82) is 0 Å². The summed E-state index contributed by atoms with van der Waals surface area (Å²) in [7, 11) is 0. The zero-order valence-corrected chi connectivity index (χ0v) is 15.0. The summed E-state index contributed by atoms with van der Waals surface area (Å²) in [4.78, 5) is 19.2. The van der Waals surface area contributed by atoms with Crippen molar-refractivity contribution >= 4 is 5.78 Å².